The third-order valence-corrected chi connectivity index (χ3v) is 2.99. The van der Waals surface area contributed by atoms with Crippen LogP contribution >= 0.6 is 0 Å². The molecule has 0 aliphatic rings. The predicted molar refractivity (Wildman–Crippen MR) is 72.9 cm³/mol. The quantitative estimate of drug-likeness (QED) is 0.395. The first-order valence-electron chi connectivity index (χ1n) is 7.14. The molecule has 0 radical (unpaired) electrons. The van der Waals surface area contributed by atoms with Crippen molar-refractivity contribution >= 4 is 5.97 Å². The smallest absolute Gasteiger partial charge is 0.305 e. The Bertz CT molecular complexity index is 208. The molecule has 5 heteroatoms. The third kappa shape index (κ3) is 12.1. The molecule has 2 N–H and O–H groups in total. The Morgan fingerprint density at radius 2 is 1.68 bits per heavy atom. The minimum atomic E-state index is -0.165. The van der Waals surface area contributed by atoms with Crippen LogP contribution in [0.4, 0.5) is 0 Å². The molecule has 0 aromatic rings. The average Bonchev–Trinajstić information content (AvgIpc) is 2.43. The van der Waals surface area contributed by atoms with Crippen LogP contribution in [0.15, 0.2) is 0 Å². The van der Waals surface area contributed by atoms with Gasteiger partial charge < -0.3 is 19.7 Å². The maximum absolute atomic E-state index is 11.3. The number of aliphatic hydroxyl groups excluding tert-OH is 2. The van der Waals surface area contributed by atoms with Gasteiger partial charge in [0.05, 0.1) is 12.7 Å². The molecule has 0 bridgehead atoms. The Morgan fingerprint density at radius 3 is 2.32 bits per heavy atom. The molecule has 0 fully saturated rings. The van der Waals surface area contributed by atoms with Crippen LogP contribution in [0.1, 0.15) is 51.4 Å². The van der Waals surface area contributed by atoms with Crippen LogP contribution < -0.4 is 0 Å². The summed E-state index contributed by atoms with van der Waals surface area (Å²) in [7, 11) is 1.66. The zero-order valence-corrected chi connectivity index (χ0v) is 12.0. The summed E-state index contributed by atoms with van der Waals surface area (Å²) in [5.74, 6) is -0.165. The molecule has 114 valence electrons. The molecular formula is C14H28O5. The molecule has 19 heavy (non-hydrogen) atoms. The van der Waals surface area contributed by atoms with Gasteiger partial charge in [0.2, 0.25) is 0 Å². The Labute approximate surface area is 115 Å². The summed E-state index contributed by atoms with van der Waals surface area (Å²) in [5.41, 5.74) is 0. The molecule has 0 heterocycles. The van der Waals surface area contributed by atoms with Gasteiger partial charge in [-0.15, -0.1) is 0 Å². The molecule has 1 unspecified atom stereocenters. The summed E-state index contributed by atoms with van der Waals surface area (Å²) >= 11 is 0. The number of aliphatic hydroxyl groups is 2. The van der Waals surface area contributed by atoms with Crippen LogP contribution in [-0.4, -0.2) is 49.2 Å². The second-order valence-corrected chi connectivity index (χ2v) is 4.62. The molecule has 0 aromatic carbocycles. The van der Waals surface area contributed by atoms with Crippen LogP contribution in [0.5, 0.6) is 0 Å². The highest BCUT2D eigenvalue weighted by Gasteiger charge is 2.08. The Hall–Kier alpha value is -0.650. The molecule has 0 aliphatic carbocycles. The molecule has 0 aromatic heterocycles. The molecular weight excluding hydrogens is 248 g/mol. The Balaban J connectivity index is 3.42. The second-order valence-electron chi connectivity index (χ2n) is 4.62. The van der Waals surface area contributed by atoms with Crippen molar-refractivity contribution in [3.63, 3.8) is 0 Å². The van der Waals surface area contributed by atoms with E-state index in [0.717, 1.165) is 44.9 Å². The topological polar surface area (TPSA) is 76.0 Å². The second kappa shape index (κ2) is 13.8. The van der Waals surface area contributed by atoms with Crippen LogP contribution in [0.25, 0.3) is 0 Å². The van der Waals surface area contributed by atoms with E-state index in [2.05, 4.69) is 0 Å². The molecule has 0 saturated carbocycles. The fraction of sp³-hybridized carbons (Fsp3) is 0.929. The van der Waals surface area contributed by atoms with Crippen molar-refractivity contribution in [1.29, 1.82) is 0 Å². The number of esters is 1. The first-order chi connectivity index (χ1) is 9.24. The van der Waals surface area contributed by atoms with Crippen molar-refractivity contribution in [2.75, 3.05) is 26.9 Å². The number of carbonyl (C=O) groups excluding carboxylic acids is 1. The van der Waals surface area contributed by atoms with Crippen molar-refractivity contribution in [1.82, 2.24) is 0 Å². The number of hydrogen-bond donors (Lipinski definition) is 2. The maximum Gasteiger partial charge on any atom is 0.305 e. The number of unbranched alkanes of at least 4 members (excludes halogenated alkanes) is 2. The van der Waals surface area contributed by atoms with E-state index < -0.39 is 0 Å². The number of hydrogen-bond acceptors (Lipinski definition) is 5. The predicted octanol–water partition coefficient (Wildman–Crippen LogP) is 1.65. The summed E-state index contributed by atoms with van der Waals surface area (Å²) in [4.78, 5) is 11.3. The lowest BCUT2D eigenvalue weighted by molar-refractivity contribution is -0.144. The lowest BCUT2D eigenvalue weighted by atomic mass is 10.1. The van der Waals surface area contributed by atoms with Gasteiger partial charge in [-0.1, -0.05) is 6.42 Å². The highest BCUT2D eigenvalue weighted by atomic mass is 16.5. The lowest BCUT2D eigenvalue weighted by Gasteiger charge is -2.14. The Morgan fingerprint density at radius 1 is 1.00 bits per heavy atom. The molecule has 0 rings (SSSR count). The van der Waals surface area contributed by atoms with Gasteiger partial charge >= 0.3 is 5.97 Å². The van der Waals surface area contributed by atoms with Gasteiger partial charge in [-0.05, 0) is 38.5 Å². The van der Waals surface area contributed by atoms with E-state index in [1.165, 1.54) is 0 Å². The minimum Gasteiger partial charge on any atom is -0.466 e. The van der Waals surface area contributed by atoms with E-state index in [9.17, 15) is 4.79 Å². The monoisotopic (exact) mass is 276 g/mol. The first kappa shape index (κ1) is 18.4. The van der Waals surface area contributed by atoms with Gasteiger partial charge in [0.25, 0.3) is 0 Å². The standard InChI is InChI=1S/C14H28O5/c1-18-13(7-5-11-16)8-6-12-19-14(17)9-3-2-4-10-15/h13,15-16H,2-12H2,1H3. The first-order valence-corrected chi connectivity index (χ1v) is 7.14. The van der Waals surface area contributed by atoms with Gasteiger partial charge in [0.1, 0.15) is 0 Å². The molecule has 0 amide bonds. The molecule has 1 atom stereocenters. The zero-order chi connectivity index (χ0) is 14.3. The van der Waals surface area contributed by atoms with Gasteiger partial charge in [-0.3, -0.25) is 4.79 Å². The van der Waals surface area contributed by atoms with E-state index in [0.29, 0.717) is 13.0 Å². The van der Waals surface area contributed by atoms with Crippen molar-refractivity contribution < 1.29 is 24.5 Å². The zero-order valence-electron chi connectivity index (χ0n) is 12.0. The van der Waals surface area contributed by atoms with Crippen LogP contribution in [-0.2, 0) is 14.3 Å². The van der Waals surface area contributed by atoms with E-state index in [-0.39, 0.29) is 25.3 Å². The molecule has 0 spiro atoms. The van der Waals surface area contributed by atoms with Gasteiger partial charge in [-0.25, -0.2) is 0 Å². The Kier molecular flexibility index (Phi) is 13.3. The van der Waals surface area contributed by atoms with Crippen LogP contribution in [0.2, 0.25) is 0 Å². The van der Waals surface area contributed by atoms with Crippen molar-refractivity contribution in [2.45, 2.75) is 57.5 Å². The van der Waals surface area contributed by atoms with Crippen molar-refractivity contribution in [2.24, 2.45) is 0 Å². The van der Waals surface area contributed by atoms with E-state index >= 15 is 0 Å². The fourth-order valence-electron chi connectivity index (χ4n) is 1.83. The van der Waals surface area contributed by atoms with Crippen molar-refractivity contribution in [3.05, 3.63) is 0 Å². The van der Waals surface area contributed by atoms with Crippen LogP contribution in [0, 0.1) is 0 Å². The van der Waals surface area contributed by atoms with Crippen molar-refractivity contribution in [3.8, 4) is 0 Å². The minimum absolute atomic E-state index is 0.135. The number of methoxy groups -OCH3 is 1. The van der Waals surface area contributed by atoms with Gasteiger partial charge in [0.15, 0.2) is 0 Å². The molecule has 0 saturated heterocycles. The molecule has 5 nitrogen and oxygen atoms in total. The number of carbonyl (C=O) groups is 1. The summed E-state index contributed by atoms with van der Waals surface area (Å²) in [6.07, 6.45) is 6.14. The fourth-order valence-corrected chi connectivity index (χ4v) is 1.83. The summed E-state index contributed by atoms with van der Waals surface area (Å²) in [6.45, 7) is 0.793. The number of rotatable bonds is 13. The highest BCUT2D eigenvalue weighted by Crippen LogP contribution is 2.09. The normalized spacial score (nSPS) is 12.4. The largest absolute Gasteiger partial charge is 0.466 e. The van der Waals surface area contributed by atoms with Gasteiger partial charge in [0, 0.05) is 26.7 Å². The lowest BCUT2D eigenvalue weighted by Crippen LogP contribution is -2.13. The van der Waals surface area contributed by atoms with E-state index in [1.807, 2.05) is 0 Å². The van der Waals surface area contributed by atoms with E-state index in [1.54, 1.807) is 7.11 Å². The number of ether oxygens (including phenoxy) is 2. The highest BCUT2D eigenvalue weighted by molar-refractivity contribution is 5.69. The van der Waals surface area contributed by atoms with Gasteiger partial charge in [-0.2, -0.15) is 0 Å². The summed E-state index contributed by atoms with van der Waals surface area (Å²) < 4.78 is 10.4. The average molecular weight is 276 g/mol. The SMILES string of the molecule is COC(CCCO)CCCOC(=O)CCCCCO. The van der Waals surface area contributed by atoms with Crippen LogP contribution in [0.3, 0.4) is 0 Å². The third-order valence-electron chi connectivity index (χ3n) is 2.99. The summed E-state index contributed by atoms with van der Waals surface area (Å²) in [5, 5.41) is 17.3. The summed E-state index contributed by atoms with van der Waals surface area (Å²) in [6, 6.07) is 0. The maximum atomic E-state index is 11.3. The van der Waals surface area contributed by atoms with E-state index in [4.69, 9.17) is 19.7 Å². The molecule has 0 aliphatic heterocycles.